The molecule has 0 fully saturated rings. The van der Waals surface area contributed by atoms with Crippen LogP contribution < -0.4 is 5.69 Å². The van der Waals surface area contributed by atoms with Crippen LogP contribution in [0, 0.1) is 6.92 Å². The molecule has 1 aromatic heterocycles. The fraction of sp³-hybridized carbons (Fsp3) is 0.0625. The van der Waals surface area contributed by atoms with Crippen molar-refractivity contribution in [3.8, 4) is 22.8 Å². The van der Waals surface area contributed by atoms with Crippen LogP contribution in [0.25, 0.3) is 22.8 Å². The van der Waals surface area contributed by atoms with E-state index in [4.69, 9.17) is 11.6 Å². The average molecular weight is 298 g/mol. The Labute approximate surface area is 126 Å². The molecule has 3 aromatic rings. The van der Waals surface area contributed by atoms with Gasteiger partial charge in [-0.3, -0.25) is 4.98 Å². The van der Waals surface area contributed by atoms with Crippen molar-refractivity contribution < 1.29 is 0 Å². The minimum atomic E-state index is -0.448. The van der Waals surface area contributed by atoms with Crippen molar-refractivity contribution in [1.29, 1.82) is 0 Å². The van der Waals surface area contributed by atoms with E-state index in [1.54, 1.807) is 6.07 Å². The number of aromatic amines is 1. The second-order valence-corrected chi connectivity index (χ2v) is 5.08. The fourth-order valence-electron chi connectivity index (χ4n) is 2.05. The van der Waals surface area contributed by atoms with Gasteiger partial charge in [0.1, 0.15) is 5.82 Å². The topological polar surface area (TPSA) is 58.6 Å². The molecule has 0 unspecified atom stereocenters. The Morgan fingerprint density at radius 1 is 1.05 bits per heavy atom. The van der Waals surface area contributed by atoms with Crippen molar-refractivity contribution in [2.75, 3.05) is 0 Å². The number of hydrogen-bond acceptors (Lipinski definition) is 3. The molecule has 2 aromatic carbocycles. The number of nitrogens with one attached hydrogen (secondary N) is 1. The van der Waals surface area contributed by atoms with Crippen molar-refractivity contribution in [1.82, 2.24) is 15.0 Å². The zero-order chi connectivity index (χ0) is 14.8. The van der Waals surface area contributed by atoms with Crippen molar-refractivity contribution in [3.63, 3.8) is 0 Å². The van der Waals surface area contributed by atoms with Gasteiger partial charge in [0.25, 0.3) is 0 Å². The molecule has 0 aliphatic rings. The maximum Gasteiger partial charge on any atom is 0.348 e. The van der Waals surface area contributed by atoms with Gasteiger partial charge in [0.05, 0.1) is 5.02 Å². The summed E-state index contributed by atoms with van der Waals surface area (Å²) >= 11 is 6.20. The van der Waals surface area contributed by atoms with Crippen LogP contribution in [0.2, 0.25) is 5.02 Å². The predicted molar refractivity (Wildman–Crippen MR) is 83.3 cm³/mol. The van der Waals surface area contributed by atoms with Crippen molar-refractivity contribution in [2.24, 2.45) is 0 Å². The highest BCUT2D eigenvalue weighted by Crippen LogP contribution is 2.26. The predicted octanol–water partition coefficient (Wildman–Crippen LogP) is 3.46. The first-order valence-corrected chi connectivity index (χ1v) is 6.81. The Morgan fingerprint density at radius 2 is 1.81 bits per heavy atom. The van der Waals surface area contributed by atoms with Crippen LogP contribution in [0.4, 0.5) is 0 Å². The highest BCUT2D eigenvalue weighted by Gasteiger charge is 2.10. The molecule has 0 atom stereocenters. The van der Waals surface area contributed by atoms with Crippen molar-refractivity contribution in [2.45, 2.75) is 6.92 Å². The zero-order valence-corrected chi connectivity index (χ0v) is 12.1. The highest BCUT2D eigenvalue weighted by molar-refractivity contribution is 6.33. The van der Waals surface area contributed by atoms with Crippen LogP contribution in [0.3, 0.4) is 0 Å². The molecule has 0 saturated heterocycles. The van der Waals surface area contributed by atoms with Crippen molar-refractivity contribution >= 4 is 11.6 Å². The third-order valence-electron chi connectivity index (χ3n) is 3.06. The van der Waals surface area contributed by atoms with E-state index in [9.17, 15) is 4.79 Å². The van der Waals surface area contributed by atoms with Crippen LogP contribution >= 0.6 is 11.6 Å². The molecule has 4 nitrogen and oxygen atoms in total. The van der Waals surface area contributed by atoms with E-state index >= 15 is 0 Å². The molecule has 1 N–H and O–H groups in total. The van der Waals surface area contributed by atoms with E-state index in [1.807, 2.05) is 49.4 Å². The smallest absolute Gasteiger partial charge is 0.290 e. The second kappa shape index (κ2) is 5.50. The second-order valence-electron chi connectivity index (χ2n) is 4.68. The molecule has 0 aliphatic heterocycles. The van der Waals surface area contributed by atoms with Crippen LogP contribution in [0.15, 0.2) is 53.3 Å². The Bertz CT molecular complexity index is 844. The average Bonchev–Trinajstić information content (AvgIpc) is 2.50. The Morgan fingerprint density at radius 3 is 2.57 bits per heavy atom. The third kappa shape index (κ3) is 2.85. The van der Waals surface area contributed by atoms with Crippen LogP contribution in [-0.2, 0) is 0 Å². The van der Waals surface area contributed by atoms with Gasteiger partial charge in [-0.1, -0.05) is 53.6 Å². The largest absolute Gasteiger partial charge is 0.348 e. The Hall–Kier alpha value is -2.46. The van der Waals surface area contributed by atoms with Gasteiger partial charge in [-0.15, -0.1) is 0 Å². The first kappa shape index (κ1) is 13.5. The number of halogens is 1. The van der Waals surface area contributed by atoms with E-state index in [1.165, 1.54) is 0 Å². The first-order chi connectivity index (χ1) is 10.1. The highest BCUT2D eigenvalue weighted by atomic mass is 35.5. The molecule has 5 heteroatoms. The van der Waals surface area contributed by atoms with Gasteiger partial charge in [-0.2, -0.15) is 4.98 Å². The molecule has 21 heavy (non-hydrogen) atoms. The number of aromatic nitrogens is 3. The van der Waals surface area contributed by atoms with E-state index in [-0.39, 0.29) is 0 Å². The number of nitrogens with zero attached hydrogens (tertiary/aromatic N) is 2. The quantitative estimate of drug-likeness (QED) is 0.788. The maximum absolute atomic E-state index is 11.8. The summed E-state index contributed by atoms with van der Waals surface area (Å²) < 4.78 is 0. The maximum atomic E-state index is 11.8. The lowest BCUT2D eigenvalue weighted by molar-refractivity contribution is 1.00. The summed E-state index contributed by atoms with van der Waals surface area (Å²) in [5.74, 6) is 0.800. The van der Waals surface area contributed by atoms with Gasteiger partial charge in [0.15, 0.2) is 5.82 Å². The van der Waals surface area contributed by atoms with Gasteiger partial charge in [-0.05, 0) is 19.1 Å². The van der Waals surface area contributed by atoms with E-state index in [2.05, 4.69) is 15.0 Å². The molecule has 0 radical (unpaired) electrons. The summed E-state index contributed by atoms with van der Waals surface area (Å²) in [4.78, 5) is 22.8. The van der Waals surface area contributed by atoms with Gasteiger partial charge in [0, 0.05) is 11.1 Å². The minimum absolute atomic E-state index is 0.381. The monoisotopic (exact) mass is 297 g/mol. The lowest BCUT2D eigenvalue weighted by Gasteiger charge is -2.06. The van der Waals surface area contributed by atoms with E-state index in [0.29, 0.717) is 22.2 Å². The SMILES string of the molecule is Cc1ccc(Cl)c(-c2nc(-c3ccccc3)nc(=O)[nH]2)c1. The molecule has 0 bridgehead atoms. The molecule has 0 spiro atoms. The zero-order valence-electron chi connectivity index (χ0n) is 11.3. The molecule has 0 saturated carbocycles. The van der Waals surface area contributed by atoms with Crippen LogP contribution in [-0.4, -0.2) is 15.0 Å². The summed E-state index contributed by atoms with van der Waals surface area (Å²) in [7, 11) is 0. The van der Waals surface area contributed by atoms with Crippen LogP contribution in [0.5, 0.6) is 0 Å². The standard InChI is InChI=1S/C16H12ClN3O/c1-10-7-8-13(17)12(9-10)15-18-14(19-16(21)20-15)11-5-3-2-4-6-11/h2-9H,1H3,(H,18,19,20,21). The number of H-pyrrole nitrogens is 1. The summed E-state index contributed by atoms with van der Waals surface area (Å²) in [6.07, 6.45) is 0. The van der Waals surface area contributed by atoms with Gasteiger partial charge >= 0.3 is 5.69 Å². The normalized spacial score (nSPS) is 10.6. The molecule has 0 aliphatic carbocycles. The summed E-state index contributed by atoms with van der Waals surface area (Å²) in [6, 6.07) is 14.9. The lowest BCUT2D eigenvalue weighted by atomic mass is 10.1. The minimum Gasteiger partial charge on any atom is -0.290 e. The van der Waals surface area contributed by atoms with Crippen LogP contribution in [0.1, 0.15) is 5.56 Å². The number of rotatable bonds is 2. The summed E-state index contributed by atoms with van der Waals surface area (Å²) in [6.45, 7) is 1.96. The fourth-order valence-corrected chi connectivity index (χ4v) is 2.26. The molecule has 0 amide bonds. The molecule has 3 rings (SSSR count). The number of aryl methyl sites for hydroxylation is 1. The molecular weight excluding hydrogens is 286 g/mol. The lowest BCUT2D eigenvalue weighted by Crippen LogP contribution is -2.14. The Balaban J connectivity index is 2.19. The Kier molecular flexibility index (Phi) is 3.54. The number of hydrogen-bond donors (Lipinski definition) is 1. The van der Waals surface area contributed by atoms with Crippen molar-refractivity contribution in [3.05, 3.63) is 69.6 Å². The third-order valence-corrected chi connectivity index (χ3v) is 3.39. The van der Waals surface area contributed by atoms with Gasteiger partial charge < -0.3 is 0 Å². The molecule has 1 heterocycles. The summed E-state index contributed by atoms with van der Waals surface area (Å²) in [5, 5.41) is 0.536. The van der Waals surface area contributed by atoms with Gasteiger partial charge in [-0.25, -0.2) is 9.78 Å². The number of benzene rings is 2. The van der Waals surface area contributed by atoms with E-state index in [0.717, 1.165) is 11.1 Å². The molecule has 104 valence electrons. The summed E-state index contributed by atoms with van der Waals surface area (Å²) in [5.41, 5.74) is 2.06. The van der Waals surface area contributed by atoms with Gasteiger partial charge in [0.2, 0.25) is 0 Å². The van der Waals surface area contributed by atoms with E-state index < -0.39 is 5.69 Å². The first-order valence-electron chi connectivity index (χ1n) is 6.44. The molecular formula is C16H12ClN3O.